The van der Waals surface area contributed by atoms with Gasteiger partial charge in [-0.25, -0.2) is 0 Å². The minimum Gasteiger partial charge on any atom is -0.466 e. The van der Waals surface area contributed by atoms with Gasteiger partial charge in [0.15, 0.2) is 0 Å². The first-order chi connectivity index (χ1) is 12.6. The van der Waals surface area contributed by atoms with E-state index in [9.17, 15) is 22.8 Å². The molecule has 2 atom stereocenters. The largest absolute Gasteiger partial charge is 0.466 e. The van der Waals surface area contributed by atoms with Crippen LogP contribution in [-0.2, 0) is 20.5 Å². The topological polar surface area (TPSA) is 58.6 Å². The monoisotopic (exact) mass is 406 g/mol. The predicted octanol–water partition coefficient (Wildman–Crippen LogP) is 3.96. The zero-order valence-corrected chi connectivity index (χ0v) is 15.9. The summed E-state index contributed by atoms with van der Waals surface area (Å²) in [4.78, 5) is 26.2. The number of ether oxygens (including phenoxy) is 1. The number of halogens is 4. The summed E-state index contributed by atoms with van der Waals surface area (Å²) in [5.74, 6) is -1.04. The van der Waals surface area contributed by atoms with Crippen molar-refractivity contribution in [2.45, 2.75) is 38.9 Å². The zero-order valence-electron chi connectivity index (χ0n) is 15.1. The molecule has 0 aliphatic carbocycles. The number of piperidine rings is 1. The molecule has 1 saturated heterocycles. The Hall–Kier alpha value is -1.80. The van der Waals surface area contributed by atoms with Crippen molar-refractivity contribution in [3.8, 4) is 0 Å². The van der Waals surface area contributed by atoms with E-state index in [0.717, 1.165) is 18.6 Å². The molecule has 150 valence electrons. The molecule has 0 bridgehead atoms. The molecule has 2 unspecified atom stereocenters. The van der Waals surface area contributed by atoms with Gasteiger partial charge in [-0.1, -0.05) is 11.6 Å². The summed E-state index contributed by atoms with van der Waals surface area (Å²) in [5, 5.41) is 2.06. The Morgan fingerprint density at radius 1 is 1.41 bits per heavy atom. The van der Waals surface area contributed by atoms with Crippen molar-refractivity contribution in [1.29, 1.82) is 0 Å². The van der Waals surface area contributed by atoms with Crippen molar-refractivity contribution in [3.05, 3.63) is 28.8 Å². The molecule has 0 radical (unpaired) electrons. The number of esters is 1. The molecule has 27 heavy (non-hydrogen) atoms. The summed E-state index contributed by atoms with van der Waals surface area (Å²) in [6.45, 7) is 4.68. The fourth-order valence-electron chi connectivity index (χ4n) is 3.04. The summed E-state index contributed by atoms with van der Waals surface area (Å²) in [5.41, 5.74) is -0.988. The van der Waals surface area contributed by atoms with E-state index in [-0.39, 0.29) is 17.6 Å². The molecule has 1 aliphatic heterocycles. The Balaban J connectivity index is 2.04. The number of nitrogens with zero attached hydrogens (tertiary/aromatic N) is 1. The van der Waals surface area contributed by atoms with Gasteiger partial charge in [-0.15, -0.1) is 0 Å². The Morgan fingerprint density at radius 3 is 2.74 bits per heavy atom. The number of alkyl halides is 3. The first-order valence-electron chi connectivity index (χ1n) is 8.71. The van der Waals surface area contributed by atoms with Crippen molar-refractivity contribution >= 4 is 29.2 Å². The Kier molecular flexibility index (Phi) is 7.11. The molecular formula is C18H22ClF3N2O3. The standard InChI is InChI=1S/C18H22ClF3N2O3/c1-3-27-17(26)12-5-4-8-24(10-12)11(2)16(25)23-13-6-7-15(19)14(9-13)18(20,21)22/h6-7,9,11-12H,3-5,8,10H2,1-2H3,(H,23,25). The number of hydrogen-bond acceptors (Lipinski definition) is 4. The number of anilines is 1. The fraction of sp³-hybridized carbons (Fsp3) is 0.556. The average Bonchev–Trinajstić information content (AvgIpc) is 2.62. The molecule has 1 aromatic carbocycles. The number of likely N-dealkylation sites (tertiary alicyclic amines) is 1. The zero-order chi connectivity index (χ0) is 20.2. The highest BCUT2D eigenvalue weighted by atomic mass is 35.5. The second-order valence-electron chi connectivity index (χ2n) is 6.44. The lowest BCUT2D eigenvalue weighted by molar-refractivity contribution is -0.150. The number of carbonyl (C=O) groups is 2. The number of hydrogen-bond donors (Lipinski definition) is 1. The van der Waals surface area contributed by atoms with Crippen LogP contribution < -0.4 is 5.32 Å². The van der Waals surface area contributed by atoms with E-state index in [4.69, 9.17) is 16.3 Å². The minimum atomic E-state index is -4.61. The van der Waals surface area contributed by atoms with Gasteiger partial charge in [0.2, 0.25) is 5.91 Å². The van der Waals surface area contributed by atoms with Crippen LogP contribution in [0.1, 0.15) is 32.3 Å². The van der Waals surface area contributed by atoms with E-state index in [1.807, 2.05) is 4.90 Å². The number of rotatable bonds is 5. The lowest BCUT2D eigenvalue weighted by Crippen LogP contribution is -2.48. The number of benzene rings is 1. The molecular weight excluding hydrogens is 385 g/mol. The maximum atomic E-state index is 12.9. The highest BCUT2D eigenvalue weighted by molar-refractivity contribution is 6.31. The van der Waals surface area contributed by atoms with E-state index in [2.05, 4.69) is 5.32 Å². The van der Waals surface area contributed by atoms with Crippen molar-refractivity contribution in [1.82, 2.24) is 4.90 Å². The highest BCUT2D eigenvalue weighted by Crippen LogP contribution is 2.36. The Bertz CT molecular complexity index is 697. The molecule has 9 heteroatoms. The van der Waals surface area contributed by atoms with Crippen molar-refractivity contribution < 1.29 is 27.5 Å². The predicted molar refractivity (Wildman–Crippen MR) is 95.5 cm³/mol. The van der Waals surface area contributed by atoms with E-state index < -0.39 is 28.7 Å². The van der Waals surface area contributed by atoms with Gasteiger partial charge in [0.1, 0.15) is 0 Å². The lowest BCUT2D eigenvalue weighted by atomic mass is 9.97. The van der Waals surface area contributed by atoms with Crippen LogP contribution >= 0.6 is 11.6 Å². The molecule has 1 aromatic rings. The highest BCUT2D eigenvalue weighted by Gasteiger charge is 2.34. The maximum Gasteiger partial charge on any atom is 0.417 e. The van der Waals surface area contributed by atoms with Crippen LogP contribution in [-0.4, -0.2) is 42.5 Å². The summed E-state index contributed by atoms with van der Waals surface area (Å²) in [6, 6.07) is 2.62. The van der Waals surface area contributed by atoms with E-state index in [0.29, 0.717) is 26.1 Å². The number of carbonyl (C=O) groups excluding carboxylic acids is 2. The van der Waals surface area contributed by atoms with Gasteiger partial charge in [-0.3, -0.25) is 14.5 Å². The van der Waals surface area contributed by atoms with E-state index in [1.165, 1.54) is 6.07 Å². The molecule has 2 rings (SSSR count). The van der Waals surface area contributed by atoms with Gasteiger partial charge in [0.05, 0.1) is 29.2 Å². The summed E-state index contributed by atoms with van der Waals surface area (Å²) < 4.78 is 43.9. The van der Waals surface area contributed by atoms with E-state index in [1.54, 1.807) is 13.8 Å². The third kappa shape index (κ3) is 5.59. The molecule has 0 aromatic heterocycles. The lowest BCUT2D eigenvalue weighted by Gasteiger charge is -2.35. The molecule has 5 nitrogen and oxygen atoms in total. The van der Waals surface area contributed by atoms with Crippen LogP contribution in [0.2, 0.25) is 5.02 Å². The second kappa shape index (κ2) is 8.93. The first-order valence-corrected chi connectivity index (χ1v) is 9.09. The van der Waals surface area contributed by atoms with Crippen LogP contribution in [0.4, 0.5) is 18.9 Å². The molecule has 0 spiro atoms. The van der Waals surface area contributed by atoms with Crippen molar-refractivity contribution in [2.24, 2.45) is 5.92 Å². The Morgan fingerprint density at radius 2 is 2.11 bits per heavy atom. The summed E-state index contributed by atoms with van der Waals surface area (Å²) in [7, 11) is 0. The van der Waals surface area contributed by atoms with Crippen LogP contribution in [0.5, 0.6) is 0 Å². The molecule has 1 amide bonds. The molecule has 1 aliphatic rings. The van der Waals surface area contributed by atoms with Gasteiger partial charge in [0.25, 0.3) is 0 Å². The molecule has 1 heterocycles. The summed E-state index contributed by atoms with van der Waals surface area (Å²) >= 11 is 5.59. The number of nitrogens with one attached hydrogen (secondary N) is 1. The SMILES string of the molecule is CCOC(=O)C1CCCN(C(C)C(=O)Nc2ccc(Cl)c(C(F)(F)F)c2)C1. The third-order valence-corrected chi connectivity index (χ3v) is 4.87. The quantitative estimate of drug-likeness (QED) is 0.752. The van der Waals surface area contributed by atoms with Gasteiger partial charge < -0.3 is 10.1 Å². The summed E-state index contributed by atoms with van der Waals surface area (Å²) in [6.07, 6.45) is -3.18. The van der Waals surface area contributed by atoms with Crippen LogP contribution in [0.25, 0.3) is 0 Å². The second-order valence-corrected chi connectivity index (χ2v) is 6.85. The molecule has 1 fully saturated rings. The fourth-order valence-corrected chi connectivity index (χ4v) is 3.27. The van der Waals surface area contributed by atoms with Gasteiger partial charge in [0, 0.05) is 12.2 Å². The average molecular weight is 407 g/mol. The van der Waals surface area contributed by atoms with Crippen LogP contribution in [0, 0.1) is 5.92 Å². The van der Waals surface area contributed by atoms with Crippen LogP contribution in [0.15, 0.2) is 18.2 Å². The smallest absolute Gasteiger partial charge is 0.417 e. The van der Waals surface area contributed by atoms with Crippen LogP contribution in [0.3, 0.4) is 0 Å². The van der Waals surface area contributed by atoms with Gasteiger partial charge in [-0.05, 0) is 51.4 Å². The molecule has 0 saturated carbocycles. The number of amides is 1. The van der Waals surface area contributed by atoms with Gasteiger partial charge in [-0.2, -0.15) is 13.2 Å². The first kappa shape index (κ1) is 21.5. The normalized spacial score (nSPS) is 19.4. The maximum absolute atomic E-state index is 12.9. The van der Waals surface area contributed by atoms with Gasteiger partial charge >= 0.3 is 12.1 Å². The van der Waals surface area contributed by atoms with Crippen molar-refractivity contribution in [2.75, 3.05) is 25.0 Å². The Labute approximate surface area is 160 Å². The van der Waals surface area contributed by atoms with Crippen molar-refractivity contribution in [3.63, 3.8) is 0 Å². The minimum absolute atomic E-state index is 0.0162. The van der Waals surface area contributed by atoms with E-state index >= 15 is 0 Å². The molecule has 1 N–H and O–H groups in total. The third-order valence-electron chi connectivity index (χ3n) is 4.54.